The predicted molar refractivity (Wildman–Crippen MR) is 137 cm³/mol. The number of ether oxygens (including phenoxy) is 2. The lowest BCUT2D eigenvalue weighted by Gasteiger charge is -2.20. The van der Waals surface area contributed by atoms with Crippen LogP contribution in [0, 0.1) is 6.92 Å². The number of benzene rings is 3. The maximum atomic E-state index is 12.8. The first-order valence-electron chi connectivity index (χ1n) is 11.3. The summed E-state index contributed by atoms with van der Waals surface area (Å²) in [5, 5.41) is 6.79. The summed E-state index contributed by atoms with van der Waals surface area (Å²) in [6.07, 6.45) is 0. The normalized spacial score (nSPS) is 10.9. The molecule has 0 spiro atoms. The molecule has 0 unspecified atom stereocenters. The standard InChI is InChI=1S/C28H34N2O3/c1-17(2)29-22-12-8-20(9-13-22)24-16-25(28(31)33-7)26(19(5)27(24)32-6)21-10-14-23(15-11-21)30-18(3)4/h8-18,29-30H,1-7H3. The van der Waals surface area contributed by atoms with Gasteiger partial charge in [0.2, 0.25) is 0 Å². The molecule has 5 heteroatoms. The highest BCUT2D eigenvalue weighted by molar-refractivity contribution is 6.01. The third-order valence-corrected chi connectivity index (χ3v) is 5.41. The zero-order chi connectivity index (χ0) is 24.1. The Morgan fingerprint density at radius 2 is 1.27 bits per heavy atom. The molecule has 0 aromatic heterocycles. The van der Waals surface area contributed by atoms with Crippen LogP contribution in [0.15, 0.2) is 54.6 Å². The zero-order valence-electron chi connectivity index (χ0n) is 20.6. The number of rotatable bonds is 8. The molecule has 3 rings (SSSR count). The highest BCUT2D eigenvalue weighted by Gasteiger charge is 2.23. The molecule has 0 aliphatic carbocycles. The van der Waals surface area contributed by atoms with Crippen molar-refractivity contribution >= 4 is 17.3 Å². The molecule has 0 heterocycles. The van der Waals surface area contributed by atoms with E-state index in [4.69, 9.17) is 9.47 Å². The molecule has 0 bridgehead atoms. The second-order valence-electron chi connectivity index (χ2n) is 8.75. The van der Waals surface area contributed by atoms with E-state index >= 15 is 0 Å². The van der Waals surface area contributed by atoms with Gasteiger partial charge in [-0.15, -0.1) is 0 Å². The summed E-state index contributed by atoms with van der Waals surface area (Å²) in [5.74, 6) is 0.367. The maximum absolute atomic E-state index is 12.8. The number of methoxy groups -OCH3 is 2. The quantitative estimate of drug-likeness (QED) is 0.374. The van der Waals surface area contributed by atoms with Crippen LogP contribution in [0.5, 0.6) is 5.75 Å². The van der Waals surface area contributed by atoms with Gasteiger partial charge < -0.3 is 20.1 Å². The van der Waals surface area contributed by atoms with E-state index in [9.17, 15) is 4.79 Å². The fourth-order valence-corrected chi connectivity index (χ4v) is 4.07. The number of anilines is 2. The van der Waals surface area contributed by atoms with Crippen LogP contribution >= 0.6 is 0 Å². The molecule has 0 aliphatic heterocycles. The summed E-state index contributed by atoms with van der Waals surface area (Å²) >= 11 is 0. The van der Waals surface area contributed by atoms with Gasteiger partial charge in [-0.2, -0.15) is 0 Å². The molecule has 174 valence electrons. The van der Waals surface area contributed by atoms with Gasteiger partial charge in [0, 0.05) is 40.1 Å². The molecule has 0 fully saturated rings. The second kappa shape index (κ2) is 10.4. The summed E-state index contributed by atoms with van der Waals surface area (Å²) < 4.78 is 11.0. The number of hydrogen-bond donors (Lipinski definition) is 2. The molecule has 0 aliphatic rings. The number of carbonyl (C=O) groups is 1. The van der Waals surface area contributed by atoms with Gasteiger partial charge in [0.05, 0.1) is 19.8 Å². The number of hydrogen-bond acceptors (Lipinski definition) is 5. The molecule has 3 aromatic carbocycles. The smallest absolute Gasteiger partial charge is 0.338 e. The third kappa shape index (κ3) is 5.48. The second-order valence-corrected chi connectivity index (χ2v) is 8.75. The minimum Gasteiger partial charge on any atom is -0.496 e. The van der Waals surface area contributed by atoms with Gasteiger partial charge in [-0.25, -0.2) is 4.79 Å². The van der Waals surface area contributed by atoms with Crippen LogP contribution in [0.2, 0.25) is 0 Å². The van der Waals surface area contributed by atoms with E-state index in [2.05, 4.69) is 38.3 Å². The van der Waals surface area contributed by atoms with Crippen molar-refractivity contribution in [3.63, 3.8) is 0 Å². The van der Waals surface area contributed by atoms with Crippen molar-refractivity contribution in [1.29, 1.82) is 0 Å². The highest BCUT2D eigenvalue weighted by Crippen LogP contribution is 2.42. The molecule has 5 nitrogen and oxygen atoms in total. The lowest BCUT2D eigenvalue weighted by molar-refractivity contribution is 0.0601. The van der Waals surface area contributed by atoms with Crippen LogP contribution in [-0.4, -0.2) is 32.3 Å². The van der Waals surface area contributed by atoms with Crippen LogP contribution in [0.1, 0.15) is 43.6 Å². The van der Waals surface area contributed by atoms with E-state index in [1.165, 1.54) is 7.11 Å². The molecule has 2 N–H and O–H groups in total. The van der Waals surface area contributed by atoms with Crippen molar-refractivity contribution < 1.29 is 14.3 Å². The van der Waals surface area contributed by atoms with Gasteiger partial charge in [-0.3, -0.25) is 0 Å². The Kier molecular flexibility index (Phi) is 7.64. The Labute approximate surface area is 197 Å². The number of nitrogens with one attached hydrogen (secondary N) is 2. The van der Waals surface area contributed by atoms with E-state index in [-0.39, 0.29) is 5.97 Å². The van der Waals surface area contributed by atoms with Crippen molar-refractivity contribution in [2.24, 2.45) is 0 Å². The van der Waals surface area contributed by atoms with Crippen molar-refractivity contribution in [3.8, 4) is 28.0 Å². The zero-order valence-corrected chi connectivity index (χ0v) is 20.6. The molecular weight excluding hydrogens is 412 g/mol. The SMILES string of the molecule is COC(=O)c1cc(-c2ccc(NC(C)C)cc2)c(OC)c(C)c1-c1ccc(NC(C)C)cc1. The summed E-state index contributed by atoms with van der Waals surface area (Å²) in [6.45, 7) is 10.4. The Hall–Kier alpha value is -3.47. The average molecular weight is 447 g/mol. The maximum Gasteiger partial charge on any atom is 0.338 e. The van der Waals surface area contributed by atoms with Gasteiger partial charge in [0.15, 0.2) is 0 Å². The minimum absolute atomic E-state index is 0.338. The molecule has 0 amide bonds. The average Bonchev–Trinajstić information content (AvgIpc) is 2.78. The third-order valence-electron chi connectivity index (χ3n) is 5.41. The van der Waals surface area contributed by atoms with Gasteiger partial charge >= 0.3 is 5.97 Å². The monoisotopic (exact) mass is 446 g/mol. The fourth-order valence-electron chi connectivity index (χ4n) is 4.07. The number of esters is 1. The number of carbonyl (C=O) groups excluding carboxylic acids is 1. The topological polar surface area (TPSA) is 59.6 Å². The summed E-state index contributed by atoms with van der Waals surface area (Å²) in [5.41, 5.74) is 7.06. The van der Waals surface area contributed by atoms with Gasteiger partial charge in [0.25, 0.3) is 0 Å². The fraction of sp³-hybridized carbons (Fsp3) is 0.321. The van der Waals surface area contributed by atoms with Crippen molar-refractivity contribution in [1.82, 2.24) is 0 Å². The Bertz CT molecular complexity index is 1100. The first kappa shape index (κ1) is 24.2. The lowest BCUT2D eigenvalue weighted by atomic mass is 9.89. The molecule has 3 aromatic rings. The van der Waals surface area contributed by atoms with Crippen LogP contribution < -0.4 is 15.4 Å². The Morgan fingerprint density at radius 1 is 0.788 bits per heavy atom. The van der Waals surface area contributed by atoms with Gasteiger partial charge in [0.1, 0.15) is 5.75 Å². The minimum atomic E-state index is -0.375. The predicted octanol–water partition coefficient (Wildman–Crippen LogP) is 6.76. The molecule has 0 saturated carbocycles. The molecular formula is C28H34N2O3. The first-order valence-corrected chi connectivity index (χ1v) is 11.3. The van der Waals surface area contributed by atoms with Crippen LogP contribution in [0.3, 0.4) is 0 Å². The van der Waals surface area contributed by atoms with E-state index < -0.39 is 0 Å². The van der Waals surface area contributed by atoms with E-state index in [1.54, 1.807) is 7.11 Å². The molecule has 0 saturated heterocycles. The van der Waals surface area contributed by atoms with Gasteiger partial charge in [-0.1, -0.05) is 24.3 Å². The van der Waals surface area contributed by atoms with E-state index in [0.29, 0.717) is 17.6 Å². The lowest BCUT2D eigenvalue weighted by Crippen LogP contribution is -2.10. The molecule has 0 atom stereocenters. The molecule has 0 radical (unpaired) electrons. The van der Waals surface area contributed by atoms with Crippen molar-refractivity contribution in [2.75, 3.05) is 24.9 Å². The van der Waals surface area contributed by atoms with Crippen LogP contribution in [-0.2, 0) is 4.74 Å². The summed E-state index contributed by atoms with van der Waals surface area (Å²) in [6, 6.07) is 18.8. The Morgan fingerprint density at radius 3 is 1.70 bits per heavy atom. The first-order chi connectivity index (χ1) is 15.7. The summed E-state index contributed by atoms with van der Waals surface area (Å²) in [4.78, 5) is 12.8. The van der Waals surface area contributed by atoms with Crippen LogP contribution in [0.4, 0.5) is 11.4 Å². The van der Waals surface area contributed by atoms with Crippen LogP contribution in [0.25, 0.3) is 22.3 Å². The van der Waals surface area contributed by atoms with Gasteiger partial charge in [-0.05, 0) is 76.1 Å². The Balaban J connectivity index is 2.15. The largest absolute Gasteiger partial charge is 0.496 e. The highest BCUT2D eigenvalue weighted by atomic mass is 16.5. The molecule has 33 heavy (non-hydrogen) atoms. The summed E-state index contributed by atoms with van der Waals surface area (Å²) in [7, 11) is 3.07. The van der Waals surface area contributed by atoms with Crippen molar-refractivity contribution in [2.45, 2.75) is 46.7 Å². The van der Waals surface area contributed by atoms with E-state index in [1.807, 2.05) is 61.5 Å². The van der Waals surface area contributed by atoms with E-state index in [0.717, 1.165) is 44.9 Å². The van der Waals surface area contributed by atoms with Crippen molar-refractivity contribution in [3.05, 3.63) is 65.7 Å².